The number of aliphatic hydroxyl groups is 1. The van der Waals surface area contributed by atoms with Crippen LogP contribution in [0.2, 0.25) is 0 Å². The maximum absolute atomic E-state index is 9.67. The minimum absolute atomic E-state index is 0.391. The van der Waals surface area contributed by atoms with Crippen molar-refractivity contribution < 1.29 is 5.11 Å². The van der Waals surface area contributed by atoms with Crippen LogP contribution in [0, 0.1) is 0 Å². The van der Waals surface area contributed by atoms with Crippen molar-refractivity contribution in [2.24, 2.45) is 0 Å². The zero-order valence-electron chi connectivity index (χ0n) is 7.49. The van der Waals surface area contributed by atoms with E-state index in [-0.39, 0.29) is 0 Å². The first-order valence-electron chi connectivity index (χ1n) is 4.42. The number of nitrogens with one attached hydrogen (secondary N) is 1. The first-order valence-corrected chi connectivity index (χ1v) is 4.42. The summed E-state index contributed by atoms with van der Waals surface area (Å²) < 4.78 is 0. The van der Waals surface area contributed by atoms with Crippen molar-refractivity contribution >= 4 is 10.9 Å². The Balaban J connectivity index is 2.57. The lowest BCUT2D eigenvalue weighted by Crippen LogP contribution is -1.92. The molecule has 0 spiro atoms. The van der Waals surface area contributed by atoms with Crippen LogP contribution in [0.15, 0.2) is 24.7 Å². The van der Waals surface area contributed by atoms with E-state index in [1.54, 1.807) is 12.4 Å². The van der Waals surface area contributed by atoms with E-state index < -0.39 is 6.10 Å². The third-order valence-electron chi connectivity index (χ3n) is 2.26. The molecule has 0 radical (unpaired) electrons. The smallest absolute Gasteiger partial charge is 0.0808 e. The second-order valence-corrected chi connectivity index (χ2v) is 3.09. The van der Waals surface area contributed by atoms with Crippen LogP contribution in [0.3, 0.4) is 0 Å². The molecule has 2 aromatic heterocycles. The van der Waals surface area contributed by atoms with Crippen LogP contribution >= 0.6 is 0 Å². The highest BCUT2D eigenvalue weighted by molar-refractivity contribution is 5.82. The lowest BCUT2D eigenvalue weighted by Gasteiger charge is -2.04. The van der Waals surface area contributed by atoms with Gasteiger partial charge in [-0.25, -0.2) is 0 Å². The van der Waals surface area contributed by atoms with Gasteiger partial charge in [0.1, 0.15) is 0 Å². The number of rotatable bonds is 2. The van der Waals surface area contributed by atoms with Crippen LogP contribution in [0.5, 0.6) is 0 Å². The molecule has 0 saturated heterocycles. The molecule has 1 atom stereocenters. The number of pyridine rings is 1. The summed E-state index contributed by atoms with van der Waals surface area (Å²) in [6.45, 7) is 1.96. The maximum Gasteiger partial charge on any atom is 0.0808 e. The standard InChI is InChI=1S/C10H12N2O/c1-2-10(13)8-6-12-9-3-4-11-5-7(8)9/h3-6,10,12-13H,2H2,1H3/t10-/m0/s1. The third-order valence-corrected chi connectivity index (χ3v) is 2.26. The summed E-state index contributed by atoms with van der Waals surface area (Å²) in [5.74, 6) is 0. The van der Waals surface area contributed by atoms with E-state index in [0.29, 0.717) is 0 Å². The lowest BCUT2D eigenvalue weighted by atomic mass is 10.1. The second kappa shape index (κ2) is 3.18. The Morgan fingerprint density at radius 2 is 2.46 bits per heavy atom. The SMILES string of the molecule is CC[C@H](O)c1c[nH]c2ccncc12. The Bertz CT molecular complexity index is 408. The quantitative estimate of drug-likeness (QED) is 0.735. The molecule has 2 rings (SSSR count). The number of H-pyrrole nitrogens is 1. The first-order chi connectivity index (χ1) is 6.33. The number of hydrogen-bond donors (Lipinski definition) is 2. The fourth-order valence-corrected chi connectivity index (χ4v) is 1.48. The molecule has 0 fully saturated rings. The average Bonchev–Trinajstić information content (AvgIpc) is 2.60. The first kappa shape index (κ1) is 8.26. The maximum atomic E-state index is 9.67. The molecule has 3 heteroatoms. The van der Waals surface area contributed by atoms with Gasteiger partial charge in [0.2, 0.25) is 0 Å². The van der Waals surface area contributed by atoms with Gasteiger partial charge in [0, 0.05) is 35.1 Å². The number of aromatic amines is 1. The van der Waals surface area contributed by atoms with Crippen molar-refractivity contribution in [2.75, 3.05) is 0 Å². The largest absolute Gasteiger partial charge is 0.388 e. The average molecular weight is 176 g/mol. The molecule has 0 saturated carbocycles. The van der Waals surface area contributed by atoms with E-state index in [0.717, 1.165) is 22.9 Å². The van der Waals surface area contributed by atoms with Crippen LogP contribution < -0.4 is 0 Å². The predicted octanol–water partition coefficient (Wildman–Crippen LogP) is 2.01. The van der Waals surface area contributed by atoms with Crippen molar-refractivity contribution in [1.29, 1.82) is 0 Å². The van der Waals surface area contributed by atoms with E-state index in [2.05, 4.69) is 9.97 Å². The van der Waals surface area contributed by atoms with Crippen LogP contribution in [0.1, 0.15) is 25.0 Å². The zero-order valence-corrected chi connectivity index (χ0v) is 7.49. The lowest BCUT2D eigenvalue weighted by molar-refractivity contribution is 0.175. The van der Waals surface area contributed by atoms with E-state index in [4.69, 9.17) is 0 Å². The second-order valence-electron chi connectivity index (χ2n) is 3.09. The van der Waals surface area contributed by atoms with Gasteiger partial charge in [-0.1, -0.05) is 6.92 Å². The van der Waals surface area contributed by atoms with E-state index >= 15 is 0 Å². The number of nitrogens with zero attached hydrogens (tertiary/aromatic N) is 1. The Morgan fingerprint density at radius 1 is 1.62 bits per heavy atom. The molecule has 0 amide bonds. The minimum Gasteiger partial charge on any atom is -0.388 e. The van der Waals surface area contributed by atoms with Crippen LogP contribution in [0.25, 0.3) is 10.9 Å². The molecule has 0 unspecified atom stereocenters. The summed E-state index contributed by atoms with van der Waals surface area (Å²) in [5.41, 5.74) is 1.96. The molecule has 68 valence electrons. The van der Waals surface area contributed by atoms with E-state index in [1.165, 1.54) is 0 Å². The molecule has 0 aliphatic heterocycles. The Morgan fingerprint density at radius 3 is 3.23 bits per heavy atom. The molecular formula is C10H12N2O. The van der Waals surface area contributed by atoms with Gasteiger partial charge in [0.05, 0.1) is 6.10 Å². The van der Waals surface area contributed by atoms with Crippen molar-refractivity contribution in [3.05, 3.63) is 30.2 Å². The summed E-state index contributed by atoms with van der Waals surface area (Å²) in [7, 11) is 0. The van der Waals surface area contributed by atoms with Crippen LogP contribution in [-0.4, -0.2) is 15.1 Å². The fourth-order valence-electron chi connectivity index (χ4n) is 1.48. The van der Waals surface area contributed by atoms with Gasteiger partial charge in [-0.05, 0) is 12.5 Å². The molecule has 0 bridgehead atoms. The van der Waals surface area contributed by atoms with Gasteiger partial charge >= 0.3 is 0 Å². The van der Waals surface area contributed by atoms with E-state index in [1.807, 2.05) is 19.2 Å². The molecule has 2 aromatic rings. The van der Waals surface area contributed by atoms with Crippen molar-refractivity contribution in [2.45, 2.75) is 19.4 Å². The van der Waals surface area contributed by atoms with Crippen molar-refractivity contribution in [3.63, 3.8) is 0 Å². The summed E-state index contributed by atoms with van der Waals surface area (Å²) in [6.07, 6.45) is 5.70. The number of aliphatic hydroxyl groups excluding tert-OH is 1. The molecule has 0 aliphatic rings. The normalized spacial score (nSPS) is 13.4. The number of hydrogen-bond acceptors (Lipinski definition) is 2. The molecule has 13 heavy (non-hydrogen) atoms. The minimum atomic E-state index is -0.391. The van der Waals surface area contributed by atoms with Gasteiger partial charge in [-0.3, -0.25) is 4.98 Å². The Labute approximate surface area is 76.4 Å². The molecular weight excluding hydrogens is 164 g/mol. The van der Waals surface area contributed by atoms with Gasteiger partial charge in [0.25, 0.3) is 0 Å². The van der Waals surface area contributed by atoms with Crippen molar-refractivity contribution in [1.82, 2.24) is 9.97 Å². The summed E-state index contributed by atoms with van der Waals surface area (Å²) in [4.78, 5) is 7.13. The van der Waals surface area contributed by atoms with Gasteiger partial charge in [-0.15, -0.1) is 0 Å². The number of aromatic nitrogens is 2. The van der Waals surface area contributed by atoms with Gasteiger partial charge in [0.15, 0.2) is 0 Å². The summed E-state index contributed by atoms with van der Waals surface area (Å²) >= 11 is 0. The Hall–Kier alpha value is -1.35. The highest BCUT2D eigenvalue weighted by atomic mass is 16.3. The molecule has 0 aromatic carbocycles. The summed E-state index contributed by atoms with van der Waals surface area (Å²) in [6, 6.07) is 1.90. The topological polar surface area (TPSA) is 48.9 Å². The summed E-state index contributed by atoms with van der Waals surface area (Å²) in [5, 5.41) is 10.7. The molecule has 2 N–H and O–H groups in total. The van der Waals surface area contributed by atoms with Gasteiger partial charge < -0.3 is 10.1 Å². The molecule has 2 heterocycles. The fraction of sp³-hybridized carbons (Fsp3) is 0.300. The van der Waals surface area contributed by atoms with Gasteiger partial charge in [-0.2, -0.15) is 0 Å². The third kappa shape index (κ3) is 1.31. The van der Waals surface area contributed by atoms with Crippen LogP contribution in [-0.2, 0) is 0 Å². The van der Waals surface area contributed by atoms with Crippen LogP contribution in [0.4, 0.5) is 0 Å². The Kier molecular flexibility index (Phi) is 2.02. The molecule has 0 aliphatic carbocycles. The highest BCUT2D eigenvalue weighted by Crippen LogP contribution is 2.24. The molecule has 3 nitrogen and oxygen atoms in total. The monoisotopic (exact) mass is 176 g/mol. The number of fused-ring (bicyclic) bond motifs is 1. The zero-order chi connectivity index (χ0) is 9.26. The highest BCUT2D eigenvalue weighted by Gasteiger charge is 2.10. The van der Waals surface area contributed by atoms with E-state index in [9.17, 15) is 5.11 Å². The van der Waals surface area contributed by atoms with Crippen molar-refractivity contribution in [3.8, 4) is 0 Å². The predicted molar refractivity (Wildman–Crippen MR) is 51.3 cm³/mol.